The van der Waals surface area contributed by atoms with Crippen LogP contribution >= 0.6 is 0 Å². The second kappa shape index (κ2) is 5.50. The fourth-order valence-electron chi connectivity index (χ4n) is 2.27. The molecule has 0 saturated carbocycles. The molecule has 0 spiro atoms. The van der Waals surface area contributed by atoms with E-state index in [1.807, 2.05) is 26.0 Å². The molecule has 1 aromatic carbocycles. The van der Waals surface area contributed by atoms with E-state index >= 15 is 0 Å². The van der Waals surface area contributed by atoms with Gasteiger partial charge in [-0.15, -0.1) is 0 Å². The van der Waals surface area contributed by atoms with Crippen molar-refractivity contribution >= 4 is 0 Å². The van der Waals surface area contributed by atoms with Gasteiger partial charge in [0, 0.05) is 0 Å². The van der Waals surface area contributed by atoms with E-state index in [4.69, 9.17) is 4.74 Å². The van der Waals surface area contributed by atoms with Crippen LogP contribution in [0.5, 0.6) is 5.75 Å². The van der Waals surface area contributed by atoms with Gasteiger partial charge in [0.25, 0.3) is 0 Å². The number of hydrogen-bond donors (Lipinski definition) is 1. The number of halogens is 1. The average molecular weight is 237 g/mol. The molecule has 0 aromatic heterocycles. The van der Waals surface area contributed by atoms with E-state index in [1.165, 1.54) is 11.6 Å². The summed E-state index contributed by atoms with van der Waals surface area (Å²) in [7, 11) is 0. The van der Waals surface area contributed by atoms with Crippen LogP contribution in [0.3, 0.4) is 0 Å². The average Bonchev–Trinajstić information content (AvgIpc) is 2.32. The summed E-state index contributed by atoms with van der Waals surface area (Å²) in [6.45, 7) is 5.91. The minimum Gasteiger partial charge on any atom is -0.488 e. The Bertz CT molecular complexity index is 372. The van der Waals surface area contributed by atoms with Gasteiger partial charge in [-0.1, -0.05) is 6.07 Å². The summed E-state index contributed by atoms with van der Waals surface area (Å²) < 4.78 is 19.0. The molecule has 17 heavy (non-hydrogen) atoms. The van der Waals surface area contributed by atoms with Gasteiger partial charge in [0.1, 0.15) is 0 Å². The van der Waals surface area contributed by atoms with E-state index in [-0.39, 0.29) is 11.9 Å². The SMILES string of the molecule is CC(C)Oc1cc(C2CCNCC2)ccc1F. The monoisotopic (exact) mass is 237 g/mol. The first-order chi connectivity index (χ1) is 8.16. The Balaban J connectivity index is 2.17. The molecule has 1 N–H and O–H groups in total. The van der Waals surface area contributed by atoms with Crippen LogP contribution in [0.15, 0.2) is 18.2 Å². The Kier molecular flexibility index (Phi) is 4.00. The first kappa shape index (κ1) is 12.4. The normalized spacial score (nSPS) is 17.4. The number of rotatable bonds is 3. The maximum atomic E-state index is 13.6. The molecule has 1 aliphatic rings. The number of nitrogens with one attached hydrogen (secondary N) is 1. The maximum Gasteiger partial charge on any atom is 0.165 e. The Hall–Kier alpha value is -1.09. The first-order valence-corrected chi connectivity index (χ1v) is 6.33. The molecule has 0 atom stereocenters. The lowest BCUT2D eigenvalue weighted by molar-refractivity contribution is 0.230. The van der Waals surface area contributed by atoms with Crippen molar-refractivity contribution in [1.29, 1.82) is 0 Å². The van der Waals surface area contributed by atoms with E-state index in [9.17, 15) is 4.39 Å². The Morgan fingerprint density at radius 1 is 1.29 bits per heavy atom. The molecule has 1 heterocycles. The first-order valence-electron chi connectivity index (χ1n) is 6.33. The van der Waals surface area contributed by atoms with Crippen molar-refractivity contribution in [3.8, 4) is 5.75 Å². The molecule has 0 unspecified atom stereocenters. The van der Waals surface area contributed by atoms with Crippen LogP contribution in [0.4, 0.5) is 4.39 Å². The minimum atomic E-state index is -0.267. The van der Waals surface area contributed by atoms with Gasteiger partial charge in [0.05, 0.1) is 6.10 Å². The summed E-state index contributed by atoms with van der Waals surface area (Å²) in [5, 5.41) is 3.34. The van der Waals surface area contributed by atoms with Crippen molar-refractivity contribution in [2.75, 3.05) is 13.1 Å². The highest BCUT2D eigenvalue weighted by Gasteiger charge is 2.17. The highest BCUT2D eigenvalue weighted by atomic mass is 19.1. The molecular formula is C14H20FNO. The molecule has 2 rings (SSSR count). The van der Waals surface area contributed by atoms with Crippen LogP contribution in [-0.4, -0.2) is 19.2 Å². The van der Waals surface area contributed by atoms with Crippen LogP contribution in [0, 0.1) is 5.82 Å². The number of benzene rings is 1. The molecule has 94 valence electrons. The highest BCUT2D eigenvalue weighted by Crippen LogP contribution is 2.29. The molecule has 1 fully saturated rings. The van der Waals surface area contributed by atoms with Gasteiger partial charge in [0.2, 0.25) is 0 Å². The number of hydrogen-bond acceptors (Lipinski definition) is 2. The van der Waals surface area contributed by atoms with Crippen molar-refractivity contribution in [1.82, 2.24) is 5.32 Å². The molecule has 0 bridgehead atoms. The molecule has 0 aliphatic carbocycles. The molecule has 2 nitrogen and oxygen atoms in total. The zero-order valence-electron chi connectivity index (χ0n) is 10.5. The van der Waals surface area contributed by atoms with Gasteiger partial charge in [-0.05, 0) is 63.4 Å². The highest BCUT2D eigenvalue weighted by molar-refractivity contribution is 5.33. The predicted octanol–water partition coefficient (Wildman–Crippen LogP) is 3.08. The van der Waals surface area contributed by atoms with Crippen molar-refractivity contribution < 1.29 is 9.13 Å². The van der Waals surface area contributed by atoms with Gasteiger partial charge in [0.15, 0.2) is 11.6 Å². The lowest BCUT2D eigenvalue weighted by Gasteiger charge is -2.23. The third kappa shape index (κ3) is 3.19. The van der Waals surface area contributed by atoms with Crippen molar-refractivity contribution in [2.45, 2.75) is 38.7 Å². The minimum absolute atomic E-state index is 0.00720. The topological polar surface area (TPSA) is 21.3 Å². The smallest absolute Gasteiger partial charge is 0.165 e. The standard InChI is InChI=1S/C14H20FNO/c1-10(2)17-14-9-12(3-4-13(14)15)11-5-7-16-8-6-11/h3-4,9-11,16H,5-8H2,1-2H3. The number of ether oxygens (including phenoxy) is 1. The van der Waals surface area contributed by atoms with Crippen LogP contribution in [0.2, 0.25) is 0 Å². The van der Waals surface area contributed by atoms with Crippen LogP contribution in [0.1, 0.15) is 38.2 Å². The Labute approximate surface area is 102 Å². The second-order valence-electron chi connectivity index (χ2n) is 4.88. The predicted molar refractivity (Wildman–Crippen MR) is 67.0 cm³/mol. The summed E-state index contributed by atoms with van der Waals surface area (Å²) in [4.78, 5) is 0. The summed E-state index contributed by atoms with van der Waals surface area (Å²) in [5.41, 5.74) is 1.20. The van der Waals surface area contributed by atoms with Crippen molar-refractivity contribution in [3.63, 3.8) is 0 Å². The third-order valence-corrected chi connectivity index (χ3v) is 3.13. The van der Waals surface area contributed by atoms with E-state index in [0.717, 1.165) is 25.9 Å². The van der Waals surface area contributed by atoms with Crippen molar-refractivity contribution in [2.24, 2.45) is 0 Å². The van der Waals surface area contributed by atoms with E-state index in [2.05, 4.69) is 5.32 Å². The lowest BCUT2D eigenvalue weighted by Crippen LogP contribution is -2.26. The molecule has 0 amide bonds. The molecular weight excluding hydrogens is 217 g/mol. The van der Waals surface area contributed by atoms with Crippen molar-refractivity contribution in [3.05, 3.63) is 29.6 Å². The Morgan fingerprint density at radius 3 is 2.65 bits per heavy atom. The number of piperidine rings is 1. The summed E-state index contributed by atoms with van der Waals surface area (Å²) >= 11 is 0. The molecule has 3 heteroatoms. The second-order valence-corrected chi connectivity index (χ2v) is 4.88. The largest absolute Gasteiger partial charge is 0.488 e. The summed E-state index contributed by atoms with van der Waals surface area (Å²) in [6.07, 6.45) is 2.24. The van der Waals surface area contributed by atoms with Crippen LogP contribution < -0.4 is 10.1 Å². The van der Waals surface area contributed by atoms with Gasteiger partial charge < -0.3 is 10.1 Å². The zero-order chi connectivity index (χ0) is 12.3. The zero-order valence-corrected chi connectivity index (χ0v) is 10.5. The molecule has 1 saturated heterocycles. The fraction of sp³-hybridized carbons (Fsp3) is 0.571. The van der Waals surface area contributed by atoms with Gasteiger partial charge in [-0.2, -0.15) is 0 Å². The van der Waals surface area contributed by atoms with Crippen LogP contribution in [-0.2, 0) is 0 Å². The van der Waals surface area contributed by atoms with Gasteiger partial charge in [-0.3, -0.25) is 0 Å². The Morgan fingerprint density at radius 2 is 2.00 bits per heavy atom. The molecule has 0 radical (unpaired) electrons. The molecule has 1 aliphatic heterocycles. The van der Waals surface area contributed by atoms with E-state index in [0.29, 0.717) is 11.7 Å². The summed E-state index contributed by atoms with van der Waals surface area (Å²) in [6, 6.07) is 5.28. The fourth-order valence-corrected chi connectivity index (χ4v) is 2.27. The van der Waals surface area contributed by atoms with Gasteiger partial charge >= 0.3 is 0 Å². The maximum absolute atomic E-state index is 13.6. The van der Waals surface area contributed by atoms with Gasteiger partial charge in [-0.25, -0.2) is 4.39 Å². The van der Waals surface area contributed by atoms with Crippen LogP contribution in [0.25, 0.3) is 0 Å². The lowest BCUT2D eigenvalue weighted by atomic mass is 9.90. The quantitative estimate of drug-likeness (QED) is 0.872. The summed E-state index contributed by atoms with van der Waals surface area (Å²) in [5.74, 6) is 0.652. The van der Waals surface area contributed by atoms with E-state index < -0.39 is 0 Å². The third-order valence-electron chi connectivity index (χ3n) is 3.13. The molecule has 1 aromatic rings. The van der Waals surface area contributed by atoms with E-state index in [1.54, 1.807) is 0 Å².